The van der Waals surface area contributed by atoms with Crippen LogP contribution < -0.4 is 5.73 Å². The third kappa shape index (κ3) is 1.97. The van der Waals surface area contributed by atoms with Crippen molar-refractivity contribution in [3.63, 3.8) is 0 Å². The smallest absolute Gasteiger partial charge is 0.131 e. The van der Waals surface area contributed by atoms with E-state index in [2.05, 4.69) is 10.1 Å². The minimum absolute atomic E-state index is 0.623. The molecule has 94 valence electrons. The summed E-state index contributed by atoms with van der Waals surface area (Å²) in [5.41, 5.74) is 9.75. The number of aromatic nitrogens is 3. The molecule has 3 rings (SSSR count). The van der Waals surface area contributed by atoms with Crippen LogP contribution in [0.25, 0.3) is 22.5 Å². The summed E-state index contributed by atoms with van der Waals surface area (Å²) < 4.78 is 1.69. The molecular formula is C15H14N4. The Bertz CT molecular complexity index is 687. The van der Waals surface area contributed by atoms with Gasteiger partial charge >= 0.3 is 0 Å². The van der Waals surface area contributed by atoms with Gasteiger partial charge in [0.25, 0.3) is 0 Å². The normalized spacial score (nSPS) is 10.6. The van der Waals surface area contributed by atoms with E-state index < -0.39 is 0 Å². The Kier molecular flexibility index (Phi) is 2.76. The van der Waals surface area contributed by atoms with Crippen molar-refractivity contribution in [2.24, 2.45) is 7.05 Å². The molecule has 4 nitrogen and oxygen atoms in total. The van der Waals surface area contributed by atoms with Crippen LogP contribution in [0, 0.1) is 0 Å². The molecule has 0 aliphatic heterocycles. The van der Waals surface area contributed by atoms with Gasteiger partial charge in [-0.2, -0.15) is 5.10 Å². The Labute approximate surface area is 111 Å². The van der Waals surface area contributed by atoms with Crippen LogP contribution in [-0.4, -0.2) is 14.8 Å². The maximum atomic E-state index is 6.13. The van der Waals surface area contributed by atoms with E-state index in [0.717, 1.165) is 22.5 Å². The van der Waals surface area contributed by atoms with Gasteiger partial charge < -0.3 is 5.73 Å². The molecule has 0 spiro atoms. The first-order valence-corrected chi connectivity index (χ1v) is 6.06. The predicted molar refractivity (Wildman–Crippen MR) is 76.3 cm³/mol. The molecule has 0 unspecified atom stereocenters. The van der Waals surface area contributed by atoms with Gasteiger partial charge in [0, 0.05) is 18.8 Å². The zero-order valence-electron chi connectivity index (χ0n) is 10.6. The summed E-state index contributed by atoms with van der Waals surface area (Å²) in [7, 11) is 1.84. The first kappa shape index (κ1) is 11.5. The highest BCUT2D eigenvalue weighted by Crippen LogP contribution is 2.34. The summed E-state index contributed by atoms with van der Waals surface area (Å²) in [4.78, 5) is 4.38. The first-order valence-electron chi connectivity index (χ1n) is 6.06. The zero-order chi connectivity index (χ0) is 13.2. The first-order chi connectivity index (χ1) is 9.27. The van der Waals surface area contributed by atoms with Crippen molar-refractivity contribution < 1.29 is 0 Å². The molecule has 2 aromatic heterocycles. The Morgan fingerprint density at radius 1 is 1.00 bits per heavy atom. The molecular weight excluding hydrogens is 236 g/mol. The highest BCUT2D eigenvalue weighted by Gasteiger charge is 2.17. The molecule has 0 saturated carbocycles. The average molecular weight is 250 g/mol. The summed E-state index contributed by atoms with van der Waals surface area (Å²) >= 11 is 0. The molecule has 0 bridgehead atoms. The van der Waals surface area contributed by atoms with Crippen molar-refractivity contribution in [3.05, 3.63) is 54.7 Å². The molecule has 2 N–H and O–H groups in total. The highest BCUT2D eigenvalue weighted by atomic mass is 15.3. The van der Waals surface area contributed by atoms with Gasteiger partial charge in [-0.15, -0.1) is 0 Å². The predicted octanol–water partition coefficient (Wildman–Crippen LogP) is 2.73. The quantitative estimate of drug-likeness (QED) is 0.760. The topological polar surface area (TPSA) is 56.7 Å². The van der Waals surface area contributed by atoms with E-state index in [1.54, 1.807) is 10.9 Å². The molecule has 0 fully saturated rings. The summed E-state index contributed by atoms with van der Waals surface area (Å²) in [6.45, 7) is 0. The second kappa shape index (κ2) is 4.57. The van der Waals surface area contributed by atoms with Crippen LogP contribution in [0.5, 0.6) is 0 Å². The van der Waals surface area contributed by atoms with Gasteiger partial charge in [0.15, 0.2) is 0 Å². The van der Waals surface area contributed by atoms with Crippen molar-refractivity contribution >= 4 is 5.82 Å². The van der Waals surface area contributed by atoms with E-state index in [9.17, 15) is 0 Å². The maximum absolute atomic E-state index is 6.13. The lowest BCUT2D eigenvalue weighted by Crippen LogP contribution is -1.98. The molecule has 3 aromatic rings. The Morgan fingerprint density at radius 2 is 1.74 bits per heavy atom. The second-order valence-corrected chi connectivity index (χ2v) is 4.31. The number of rotatable bonds is 2. The van der Waals surface area contributed by atoms with E-state index in [1.165, 1.54) is 0 Å². The number of hydrogen-bond donors (Lipinski definition) is 1. The van der Waals surface area contributed by atoms with E-state index in [4.69, 9.17) is 5.73 Å². The van der Waals surface area contributed by atoms with Crippen LogP contribution in [0.4, 0.5) is 5.82 Å². The van der Waals surface area contributed by atoms with Crippen LogP contribution in [-0.2, 0) is 7.05 Å². The summed E-state index contributed by atoms with van der Waals surface area (Å²) in [6, 6.07) is 15.8. The third-order valence-electron chi connectivity index (χ3n) is 3.06. The van der Waals surface area contributed by atoms with Crippen LogP contribution in [0.1, 0.15) is 0 Å². The molecule has 4 heteroatoms. The Hall–Kier alpha value is -2.62. The van der Waals surface area contributed by atoms with Crippen molar-refractivity contribution in [3.8, 4) is 22.5 Å². The van der Waals surface area contributed by atoms with Gasteiger partial charge in [0.1, 0.15) is 11.5 Å². The molecule has 1 aromatic carbocycles. The fourth-order valence-corrected chi connectivity index (χ4v) is 2.10. The minimum Gasteiger partial charge on any atom is -0.383 e. The van der Waals surface area contributed by atoms with Gasteiger partial charge in [0.2, 0.25) is 0 Å². The molecule has 0 amide bonds. The van der Waals surface area contributed by atoms with E-state index in [1.807, 2.05) is 55.6 Å². The molecule has 19 heavy (non-hydrogen) atoms. The van der Waals surface area contributed by atoms with Gasteiger partial charge in [-0.25, -0.2) is 0 Å². The Morgan fingerprint density at radius 3 is 2.42 bits per heavy atom. The third-order valence-corrected chi connectivity index (χ3v) is 3.06. The van der Waals surface area contributed by atoms with Crippen molar-refractivity contribution in [1.82, 2.24) is 14.8 Å². The van der Waals surface area contributed by atoms with Gasteiger partial charge in [-0.1, -0.05) is 36.4 Å². The van der Waals surface area contributed by atoms with Gasteiger partial charge in [-0.3, -0.25) is 9.67 Å². The fourth-order valence-electron chi connectivity index (χ4n) is 2.10. The lowest BCUT2D eigenvalue weighted by molar-refractivity contribution is 0.782. The van der Waals surface area contributed by atoms with Gasteiger partial charge in [-0.05, 0) is 12.1 Å². The number of benzene rings is 1. The number of pyridine rings is 1. The SMILES string of the molecule is Cn1nc(-c2ccccc2)c(-c2ccccn2)c1N. The number of anilines is 1. The lowest BCUT2D eigenvalue weighted by Gasteiger charge is -2.03. The highest BCUT2D eigenvalue weighted by molar-refractivity contribution is 5.86. The van der Waals surface area contributed by atoms with Crippen LogP contribution >= 0.6 is 0 Å². The second-order valence-electron chi connectivity index (χ2n) is 4.31. The lowest BCUT2D eigenvalue weighted by atomic mass is 10.0. The van der Waals surface area contributed by atoms with E-state index in [0.29, 0.717) is 5.82 Å². The van der Waals surface area contributed by atoms with Crippen LogP contribution in [0.2, 0.25) is 0 Å². The molecule has 0 atom stereocenters. The van der Waals surface area contributed by atoms with Crippen LogP contribution in [0.3, 0.4) is 0 Å². The van der Waals surface area contributed by atoms with Crippen molar-refractivity contribution in [2.75, 3.05) is 5.73 Å². The number of nitrogen functional groups attached to an aromatic ring is 1. The van der Waals surface area contributed by atoms with Crippen LogP contribution in [0.15, 0.2) is 54.7 Å². The van der Waals surface area contributed by atoms with Gasteiger partial charge in [0.05, 0.1) is 11.3 Å². The molecule has 0 radical (unpaired) electrons. The number of nitrogens with two attached hydrogens (primary N) is 1. The minimum atomic E-state index is 0.623. The maximum Gasteiger partial charge on any atom is 0.131 e. The summed E-state index contributed by atoms with van der Waals surface area (Å²) in [5.74, 6) is 0.623. The zero-order valence-corrected chi connectivity index (χ0v) is 10.6. The summed E-state index contributed by atoms with van der Waals surface area (Å²) in [5, 5.41) is 4.51. The number of nitrogens with zero attached hydrogens (tertiary/aromatic N) is 3. The molecule has 0 aliphatic carbocycles. The van der Waals surface area contributed by atoms with Crippen molar-refractivity contribution in [2.45, 2.75) is 0 Å². The molecule has 0 aliphatic rings. The Balaban J connectivity index is 2.25. The number of aryl methyl sites for hydroxylation is 1. The largest absolute Gasteiger partial charge is 0.383 e. The van der Waals surface area contributed by atoms with E-state index >= 15 is 0 Å². The summed E-state index contributed by atoms with van der Waals surface area (Å²) in [6.07, 6.45) is 1.76. The number of hydrogen-bond acceptors (Lipinski definition) is 3. The fraction of sp³-hybridized carbons (Fsp3) is 0.0667. The molecule has 0 saturated heterocycles. The molecule has 2 heterocycles. The average Bonchev–Trinajstić information content (AvgIpc) is 2.77. The van der Waals surface area contributed by atoms with E-state index in [-0.39, 0.29) is 0 Å². The standard InChI is InChI=1S/C15H14N4/c1-19-15(16)13(12-9-5-6-10-17-12)14(18-19)11-7-3-2-4-8-11/h2-10H,16H2,1H3. The monoisotopic (exact) mass is 250 g/mol. The van der Waals surface area contributed by atoms with Crippen molar-refractivity contribution in [1.29, 1.82) is 0 Å².